The SMILES string of the molecule is CC/C=C\C/C=C\C/C=C\C/C=C\C/C=C\CCCCCCCCCCCCCCCCCC(=O)OC(CO)COC(=O)CCCCCCCCCCCCCCCCCCCCC/C=C\C/C=C\CCCCCCC. The van der Waals surface area contributed by atoms with Gasteiger partial charge in [0.15, 0.2) is 6.10 Å². The van der Waals surface area contributed by atoms with Crippen LogP contribution < -0.4 is 0 Å². The van der Waals surface area contributed by atoms with Crippen molar-refractivity contribution in [1.29, 1.82) is 0 Å². The molecule has 0 aliphatic rings. The molecule has 0 heterocycles. The Bertz CT molecular complexity index is 1380. The number of hydrogen-bond donors (Lipinski definition) is 1. The van der Waals surface area contributed by atoms with Gasteiger partial charge in [0.2, 0.25) is 0 Å². The third-order valence-corrected chi connectivity index (χ3v) is 14.7. The number of rotatable bonds is 61. The second-order valence-electron chi connectivity index (χ2n) is 22.2. The van der Waals surface area contributed by atoms with Gasteiger partial charge in [0.05, 0.1) is 6.61 Å². The van der Waals surface area contributed by atoms with Gasteiger partial charge in [-0.15, -0.1) is 0 Å². The molecule has 440 valence electrons. The third-order valence-electron chi connectivity index (χ3n) is 14.7. The molecule has 76 heavy (non-hydrogen) atoms. The number of carbonyl (C=O) groups excluding carboxylic acids is 2. The first-order valence-corrected chi connectivity index (χ1v) is 33.1. The van der Waals surface area contributed by atoms with Gasteiger partial charge in [-0.25, -0.2) is 0 Å². The quantitative estimate of drug-likeness (QED) is 0.0373. The Morgan fingerprint density at radius 1 is 0.316 bits per heavy atom. The van der Waals surface area contributed by atoms with Gasteiger partial charge < -0.3 is 14.6 Å². The van der Waals surface area contributed by atoms with Gasteiger partial charge >= 0.3 is 11.9 Å². The summed E-state index contributed by atoms with van der Waals surface area (Å²) in [5.41, 5.74) is 0. The van der Waals surface area contributed by atoms with Gasteiger partial charge in [-0.3, -0.25) is 9.59 Å². The van der Waals surface area contributed by atoms with Crippen molar-refractivity contribution in [2.75, 3.05) is 13.2 Å². The van der Waals surface area contributed by atoms with Crippen LogP contribution in [0.2, 0.25) is 0 Å². The van der Waals surface area contributed by atoms with Crippen LogP contribution in [-0.4, -0.2) is 36.4 Å². The molecule has 1 atom stereocenters. The monoisotopic (exact) mass is 1060 g/mol. The number of aliphatic hydroxyl groups excluding tert-OH is 1. The number of allylic oxidation sites excluding steroid dienone is 14. The molecule has 0 aliphatic heterocycles. The summed E-state index contributed by atoms with van der Waals surface area (Å²) in [6.07, 6.45) is 93.1. The molecule has 0 amide bonds. The lowest BCUT2D eigenvalue weighted by atomic mass is 10.0. The largest absolute Gasteiger partial charge is 0.462 e. The highest BCUT2D eigenvalue weighted by Crippen LogP contribution is 2.18. The van der Waals surface area contributed by atoms with E-state index >= 15 is 0 Å². The Hall–Kier alpha value is -2.92. The number of carbonyl (C=O) groups is 2. The van der Waals surface area contributed by atoms with Gasteiger partial charge in [0, 0.05) is 12.8 Å². The second-order valence-corrected chi connectivity index (χ2v) is 22.2. The van der Waals surface area contributed by atoms with Crippen molar-refractivity contribution < 1.29 is 24.2 Å². The fraction of sp³-hybridized carbons (Fsp3) is 0.775. The highest BCUT2D eigenvalue weighted by molar-refractivity contribution is 5.70. The summed E-state index contributed by atoms with van der Waals surface area (Å²) in [7, 11) is 0. The first-order chi connectivity index (χ1) is 37.6. The minimum atomic E-state index is -0.775. The molecule has 0 aromatic heterocycles. The van der Waals surface area contributed by atoms with Gasteiger partial charge in [-0.05, 0) is 89.9 Å². The topological polar surface area (TPSA) is 72.8 Å². The lowest BCUT2D eigenvalue weighted by molar-refractivity contribution is -0.161. The summed E-state index contributed by atoms with van der Waals surface area (Å²) in [6, 6.07) is 0. The zero-order chi connectivity index (χ0) is 54.8. The number of ether oxygens (including phenoxy) is 2. The normalized spacial score (nSPS) is 12.7. The van der Waals surface area contributed by atoms with Gasteiger partial charge in [0.25, 0.3) is 0 Å². The number of hydrogen-bond acceptors (Lipinski definition) is 5. The average molecular weight is 1060 g/mol. The van der Waals surface area contributed by atoms with Crippen molar-refractivity contribution in [3.05, 3.63) is 85.1 Å². The second kappa shape index (κ2) is 66.4. The third kappa shape index (κ3) is 63.6. The van der Waals surface area contributed by atoms with Gasteiger partial charge in [-0.2, -0.15) is 0 Å². The van der Waals surface area contributed by atoms with E-state index in [1.165, 1.54) is 231 Å². The maximum atomic E-state index is 12.4. The number of aliphatic hydroxyl groups is 1. The molecule has 5 nitrogen and oxygen atoms in total. The molecule has 0 saturated carbocycles. The Labute approximate surface area is 473 Å². The molecule has 1 unspecified atom stereocenters. The molecule has 0 fully saturated rings. The first kappa shape index (κ1) is 73.1. The molecule has 0 aliphatic carbocycles. The molecule has 1 N–H and O–H groups in total. The molecule has 0 aromatic carbocycles. The smallest absolute Gasteiger partial charge is 0.306 e. The van der Waals surface area contributed by atoms with Crippen molar-refractivity contribution >= 4 is 11.9 Å². The maximum Gasteiger partial charge on any atom is 0.306 e. The minimum absolute atomic E-state index is 0.0646. The van der Waals surface area contributed by atoms with Crippen LogP contribution in [0.5, 0.6) is 0 Å². The van der Waals surface area contributed by atoms with E-state index in [0.717, 1.165) is 77.0 Å². The van der Waals surface area contributed by atoms with Crippen molar-refractivity contribution in [3.8, 4) is 0 Å². The Morgan fingerprint density at radius 3 is 0.855 bits per heavy atom. The van der Waals surface area contributed by atoms with E-state index in [-0.39, 0.29) is 25.2 Å². The maximum absolute atomic E-state index is 12.4. The molecule has 5 heteroatoms. The average Bonchev–Trinajstić information content (AvgIpc) is 3.42. The van der Waals surface area contributed by atoms with Crippen LogP contribution in [0, 0.1) is 0 Å². The summed E-state index contributed by atoms with van der Waals surface area (Å²) in [6.45, 7) is 4.05. The van der Waals surface area contributed by atoms with E-state index < -0.39 is 6.10 Å². The molecule has 0 spiro atoms. The highest BCUT2D eigenvalue weighted by atomic mass is 16.6. The summed E-state index contributed by atoms with van der Waals surface area (Å²) >= 11 is 0. The lowest BCUT2D eigenvalue weighted by Gasteiger charge is -2.15. The zero-order valence-corrected chi connectivity index (χ0v) is 50.5. The summed E-state index contributed by atoms with van der Waals surface area (Å²) in [5, 5.41) is 9.69. The summed E-state index contributed by atoms with van der Waals surface area (Å²) in [5.74, 6) is -0.577. The molecular formula is C71H126O5. The predicted octanol–water partition coefficient (Wildman–Crippen LogP) is 22.9. The van der Waals surface area contributed by atoms with Gasteiger partial charge in [-0.1, -0.05) is 317 Å². The molecule has 0 radical (unpaired) electrons. The van der Waals surface area contributed by atoms with Gasteiger partial charge in [0.1, 0.15) is 6.61 Å². The van der Waals surface area contributed by atoms with Crippen LogP contribution in [0.25, 0.3) is 0 Å². The van der Waals surface area contributed by atoms with E-state index in [0.29, 0.717) is 12.8 Å². The fourth-order valence-corrected chi connectivity index (χ4v) is 9.73. The van der Waals surface area contributed by atoms with E-state index in [2.05, 4.69) is 98.9 Å². The molecule has 0 aromatic rings. The molecule has 0 rings (SSSR count). The van der Waals surface area contributed by atoms with E-state index in [1.807, 2.05) is 0 Å². The number of esters is 2. The summed E-state index contributed by atoms with van der Waals surface area (Å²) < 4.78 is 10.8. The highest BCUT2D eigenvalue weighted by Gasteiger charge is 2.16. The van der Waals surface area contributed by atoms with Crippen LogP contribution in [0.1, 0.15) is 335 Å². The van der Waals surface area contributed by atoms with Crippen LogP contribution in [0.3, 0.4) is 0 Å². The molecule has 0 saturated heterocycles. The predicted molar refractivity (Wildman–Crippen MR) is 334 cm³/mol. The standard InChI is InChI=1S/C71H126O5/c1-3-5-7-9-11-13-15-17-19-21-23-25-27-29-31-33-35-37-39-41-43-45-47-49-51-53-55-57-59-61-63-65-70(73)75-68-69(67-72)76-71(74)66-64-62-60-58-56-54-52-50-48-46-44-42-40-38-36-34-32-30-28-26-24-22-20-18-16-14-12-10-8-6-4-2/h6,8,12,14-15,17-18,20-21,23-24,26,30,32,69,72H,3-5,7,9-11,13,16,19,22,25,27-29,31,33-68H2,1-2H3/b8-6-,14-12-,17-15-,20-18-,23-21-,26-24-,32-30-. The van der Waals surface area contributed by atoms with Crippen molar-refractivity contribution in [3.63, 3.8) is 0 Å². The minimum Gasteiger partial charge on any atom is -0.462 e. The van der Waals surface area contributed by atoms with Crippen LogP contribution in [0.4, 0.5) is 0 Å². The molecule has 0 bridgehead atoms. The Balaban J connectivity index is 3.44. The van der Waals surface area contributed by atoms with Crippen LogP contribution in [0.15, 0.2) is 85.1 Å². The van der Waals surface area contributed by atoms with Crippen LogP contribution >= 0.6 is 0 Å². The van der Waals surface area contributed by atoms with Crippen LogP contribution in [-0.2, 0) is 19.1 Å². The first-order valence-electron chi connectivity index (χ1n) is 33.1. The molecular weight excluding hydrogens is 933 g/mol. The zero-order valence-electron chi connectivity index (χ0n) is 50.5. The van der Waals surface area contributed by atoms with E-state index in [1.54, 1.807) is 0 Å². The Kier molecular flexibility index (Phi) is 63.8. The fourth-order valence-electron chi connectivity index (χ4n) is 9.73. The van der Waals surface area contributed by atoms with E-state index in [4.69, 9.17) is 9.47 Å². The summed E-state index contributed by atoms with van der Waals surface area (Å²) in [4.78, 5) is 24.6. The Morgan fingerprint density at radius 2 is 0.566 bits per heavy atom. The number of unbranched alkanes of at least 4 members (excludes halogenated alkanes) is 39. The van der Waals surface area contributed by atoms with E-state index in [9.17, 15) is 14.7 Å². The van der Waals surface area contributed by atoms with Crippen molar-refractivity contribution in [2.24, 2.45) is 0 Å². The van der Waals surface area contributed by atoms with Crippen molar-refractivity contribution in [1.82, 2.24) is 0 Å². The van der Waals surface area contributed by atoms with Crippen molar-refractivity contribution in [2.45, 2.75) is 341 Å². The lowest BCUT2D eigenvalue weighted by Crippen LogP contribution is -2.28.